The van der Waals surface area contributed by atoms with E-state index >= 15 is 0 Å². The largest absolute Gasteiger partial charge is 0.454 e. The van der Waals surface area contributed by atoms with E-state index in [1.807, 2.05) is 19.1 Å². The van der Waals surface area contributed by atoms with Gasteiger partial charge in [0, 0.05) is 12.1 Å². The van der Waals surface area contributed by atoms with Gasteiger partial charge < -0.3 is 10.2 Å². The van der Waals surface area contributed by atoms with Crippen molar-refractivity contribution < 1.29 is 9.13 Å². The highest BCUT2D eigenvalue weighted by atomic mass is 19.1. The van der Waals surface area contributed by atoms with Crippen LogP contribution in [0.25, 0.3) is 0 Å². The zero-order chi connectivity index (χ0) is 12.3. The van der Waals surface area contributed by atoms with Gasteiger partial charge in [0.2, 0.25) is 0 Å². The lowest BCUT2D eigenvalue weighted by Gasteiger charge is -2.13. The Bertz CT molecular complexity index is 480. The molecule has 90 valence electrons. The van der Waals surface area contributed by atoms with Crippen LogP contribution in [0.4, 0.5) is 10.1 Å². The molecule has 0 unspecified atom stereocenters. The highest BCUT2D eigenvalue weighted by Gasteiger charge is 2.11. The van der Waals surface area contributed by atoms with Gasteiger partial charge in [0.25, 0.3) is 0 Å². The van der Waals surface area contributed by atoms with Gasteiger partial charge in [-0.05, 0) is 43.2 Å². The molecule has 0 spiro atoms. The molecule has 0 aliphatic heterocycles. The Hall–Kier alpha value is -1.81. The number of allylic oxidation sites excluding steroid dienone is 3. The van der Waals surface area contributed by atoms with Gasteiger partial charge in [0.05, 0.1) is 0 Å². The van der Waals surface area contributed by atoms with Crippen LogP contribution in [0.15, 0.2) is 41.9 Å². The smallest absolute Gasteiger partial charge is 0.158 e. The third-order valence-corrected chi connectivity index (χ3v) is 2.63. The minimum absolute atomic E-state index is 0.201. The van der Waals surface area contributed by atoms with Crippen LogP contribution in [0.5, 0.6) is 5.75 Å². The Morgan fingerprint density at radius 1 is 1.41 bits per heavy atom. The average molecular weight is 234 g/mol. The third-order valence-electron chi connectivity index (χ3n) is 2.63. The number of nitrogens with two attached hydrogens (primary N) is 1. The summed E-state index contributed by atoms with van der Waals surface area (Å²) in [5.41, 5.74) is 4.25. The number of hydrogen-bond donors (Lipinski definition) is 2. The number of rotatable bonds is 3. The van der Waals surface area contributed by atoms with Crippen LogP contribution >= 0.6 is 0 Å². The van der Waals surface area contributed by atoms with E-state index in [1.54, 1.807) is 18.2 Å². The van der Waals surface area contributed by atoms with Crippen molar-refractivity contribution in [3.8, 4) is 5.75 Å². The van der Waals surface area contributed by atoms with Gasteiger partial charge in [-0.15, -0.1) is 0 Å². The van der Waals surface area contributed by atoms with E-state index in [0.29, 0.717) is 17.9 Å². The number of ether oxygens (including phenoxy) is 1. The summed E-state index contributed by atoms with van der Waals surface area (Å²) in [4.78, 5) is 0. The molecule has 0 amide bonds. The molecule has 17 heavy (non-hydrogen) atoms. The van der Waals surface area contributed by atoms with E-state index in [2.05, 4.69) is 5.43 Å². The summed E-state index contributed by atoms with van der Waals surface area (Å²) in [5, 5.41) is 0. The summed E-state index contributed by atoms with van der Waals surface area (Å²) in [7, 11) is 0. The maximum Gasteiger partial charge on any atom is 0.158 e. The number of benzene rings is 1. The number of aryl methyl sites for hydroxylation is 1. The van der Waals surface area contributed by atoms with Gasteiger partial charge in [-0.1, -0.05) is 6.08 Å². The number of nitrogen functional groups attached to an aromatic ring is 1. The summed E-state index contributed by atoms with van der Waals surface area (Å²) < 4.78 is 19.0. The summed E-state index contributed by atoms with van der Waals surface area (Å²) in [6, 6.07) is 5.40. The summed E-state index contributed by atoms with van der Waals surface area (Å²) in [6.45, 7) is 1.89. The monoisotopic (exact) mass is 234 g/mol. The molecule has 0 saturated carbocycles. The molecule has 4 heteroatoms. The van der Waals surface area contributed by atoms with Crippen molar-refractivity contribution in [1.29, 1.82) is 0 Å². The van der Waals surface area contributed by atoms with Crippen molar-refractivity contribution in [2.75, 3.05) is 5.43 Å². The van der Waals surface area contributed by atoms with Gasteiger partial charge in [-0.25, -0.2) is 4.39 Å². The van der Waals surface area contributed by atoms with Crippen LogP contribution in [0.3, 0.4) is 0 Å². The second-order valence-electron chi connectivity index (χ2n) is 3.94. The first-order valence-corrected chi connectivity index (χ1v) is 5.51. The zero-order valence-electron chi connectivity index (χ0n) is 9.66. The van der Waals surface area contributed by atoms with Crippen molar-refractivity contribution in [3.63, 3.8) is 0 Å². The second-order valence-corrected chi connectivity index (χ2v) is 3.94. The number of anilines is 1. The predicted molar refractivity (Wildman–Crippen MR) is 66.1 cm³/mol. The van der Waals surface area contributed by atoms with Crippen LogP contribution in [0.1, 0.15) is 18.4 Å². The first-order valence-electron chi connectivity index (χ1n) is 5.51. The van der Waals surface area contributed by atoms with Crippen molar-refractivity contribution in [2.45, 2.75) is 19.8 Å². The average Bonchev–Trinajstić information content (AvgIpc) is 2.34. The molecule has 1 aliphatic rings. The number of halogens is 1. The molecule has 1 aromatic rings. The standard InChI is InChI=1S/C13H15FN2O/c1-9-8-10(16-15)6-7-12(9)17-13-5-3-2-4-11(13)14/h3,5-8,16H,2,4,15H2,1H3. The molecule has 2 rings (SSSR count). The second kappa shape index (κ2) is 5.01. The highest BCUT2D eigenvalue weighted by Crippen LogP contribution is 2.27. The quantitative estimate of drug-likeness (QED) is 0.623. The van der Waals surface area contributed by atoms with Crippen LogP contribution in [0.2, 0.25) is 0 Å². The number of nitrogens with one attached hydrogen (secondary N) is 1. The molecule has 0 atom stereocenters. The van der Waals surface area contributed by atoms with E-state index in [4.69, 9.17) is 10.6 Å². The van der Waals surface area contributed by atoms with E-state index in [1.165, 1.54) is 0 Å². The Morgan fingerprint density at radius 3 is 2.88 bits per heavy atom. The molecule has 0 fully saturated rings. The van der Waals surface area contributed by atoms with Crippen molar-refractivity contribution in [1.82, 2.24) is 0 Å². The molecule has 1 aromatic carbocycles. The van der Waals surface area contributed by atoms with Crippen LogP contribution in [-0.4, -0.2) is 0 Å². The Labute approximate surface area is 99.7 Å². The predicted octanol–water partition coefficient (Wildman–Crippen LogP) is 3.19. The van der Waals surface area contributed by atoms with Crippen LogP contribution < -0.4 is 16.0 Å². The maximum atomic E-state index is 13.5. The molecule has 0 heterocycles. The molecule has 0 aromatic heterocycles. The van der Waals surface area contributed by atoms with E-state index in [-0.39, 0.29) is 5.83 Å². The van der Waals surface area contributed by atoms with Crippen molar-refractivity contribution >= 4 is 5.69 Å². The molecule has 0 saturated heterocycles. The lowest BCUT2D eigenvalue weighted by Crippen LogP contribution is -2.07. The molecular formula is C13H15FN2O. The molecule has 0 radical (unpaired) electrons. The van der Waals surface area contributed by atoms with E-state index in [9.17, 15) is 4.39 Å². The molecular weight excluding hydrogens is 219 g/mol. The molecule has 1 aliphatic carbocycles. The van der Waals surface area contributed by atoms with E-state index < -0.39 is 0 Å². The third kappa shape index (κ3) is 2.65. The first kappa shape index (κ1) is 11.7. The lowest BCUT2D eigenvalue weighted by molar-refractivity contribution is 0.398. The van der Waals surface area contributed by atoms with Crippen molar-refractivity contribution in [3.05, 3.63) is 47.5 Å². The van der Waals surface area contributed by atoms with Crippen molar-refractivity contribution in [2.24, 2.45) is 5.84 Å². The minimum atomic E-state index is -0.201. The topological polar surface area (TPSA) is 47.3 Å². The molecule has 3 nitrogen and oxygen atoms in total. The van der Waals surface area contributed by atoms with Crippen LogP contribution in [0, 0.1) is 6.92 Å². The fourth-order valence-corrected chi connectivity index (χ4v) is 1.68. The van der Waals surface area contributed by atoms with Gasteiger partial charge in [0.1, 0.15) is 11.6 Å². The Kier molecular flexibility index (Phi) is 3.44. The Balaban J connectivity index is 2.22. The highest BCUT2D eigenvalue weighted by molar-refractivity contribution is 5.50. The summed E-state index contributed by atoms with van der Waals surface area (Å²) in [6.07, 6.45) is 4.72. The van der Waals surface area contributed by atoms with Gasteiger partial charge in [-0.3, -0.25) is 5.84 Å². The fraction of sp³-hybridized carbons (Fsp3) is 0.231. The van der Waals surface area contributed by atoms with Crippen LogP contribution in [-0.2, 0) is 0 Å². The van der Waals surface area contributed by atoms with Gasteiger partial charge >= 0.3 is 0 Å². The zero-order valence-corrected chi connectivity index (χ0v) is 9.66. The minimum Gasteiger partial charge on any atom is -0.454 e. The van der Waals surface area contributed by atoms with E-state index in [0.717, 1.165) is 17.7 Å². The number of hydrazine groups is 1. The molecule has 3 N–H and O–H groups in total. The first-order chi connectivity index (χ1) is 8.20. The summed E-state index contributed by atoms with van der Waals surface area (Å²) >= 11 is 0. The fourth-order valence-electron chi connectivity index (χ4n) is 1.68. The van der Waals surface area contributed by atoms with Gasteiger partial charge in [-0.2, -0.15) is 0 Å². The maximum absolute atomic E-state index is 13.5. The normalized spacial score (nSPS) is 15.0. The van der Waals surface area contributed by atoms with Gasteiger partial charge in [0.15, 0.2) is 5.76 Å². The number of hydrogen-bond acceptors (Lipinski definition) is 3. The Morgan fingerprint density at radius 2 is 2.24 bits per heavy atom. The summed E-state index contributed by atoms with van der Waals surface area (Å²) in [5.74, 6) is 6.04. The SMILES string of the molecule is Cc1cc(NN)ccc1OC1=C(F)CCC=C1. The molecule has 0 bridgehead atoms. The lowest BCUT2D eigenvalue weighted by atomic mass is 10.1.